The molecule has 0 aromatic heterocycles. The topological polar surface area (TPSA) is 84.5 Å². The van der Waals surface area contributed by atoms with Gasteiger partial charge in [-0.2, -0.15) is 0 Å². The third-order valence-corrected chi connectivity index (χ3v) is 4.43. The lowest BCUT2D eigenvalue weighted by atomic mass is 10.1. The Morgan fingerprint density at radius 1 is 1.17 bits per heavy atom. The highest BCUT2D eigenvalue weighted by Gasteiger charge is 2.21. The van der Waals surface area contributed by atoms with Gasteiger partial charge in [-0.05, 0) is 51.0 Å². The molecule has 1 rings (SSSR count). The number of amides is 1. The summed E-state index contributed by atoms with van der Waals surface area (Å²) in [7, 11) is -3.57. The number of hydrogen-bond donors (Lipinski definition) is 2. The smallest absolute Gasteiger partial charge is 0.257 e. The summed E-state index contributed by atoms with van der Waals surface area (Å²) < 4.78 is 32.2. The molecule has 23 heavy (non-hydrogen) atoms. The lowest BCUT2D eigenvalue weighted by molar-refractivity contribution is -0.123. The highest BCUT2D eigenvalue weighted by atomic mass is 32.2. The van der Waals surface area contributed by atoms with Gasteiger partial charge >= 0.3 is 0 Å². The molecule has 0 radical (unpaired) electrons. The second kappa shape index (κ2) is 7.79. The lowest BCUT2D eigenvalue weighted by Crippen LogP contribution is -2.40. The van der Waals surface area contributed by atoms with Crippen LogP contribution in [0.15, 0.2) is 29.2 Å². The van der Waals surface area contributed by atoms with E-state index in [9.17, 15) is 13.2 Å². The van der Waals surface area contributed by atoms with E-state index in [0.717, 1.165) is 0 Å². The zero-order valence-corrected chi connectivity index (χ0v) is 15.2. The van der Waals surface area contributed by atoms with Gasteiger partial charge in [-0.3, -0.25) is 4.79 Å². The van der Waals surface area contributed by atoms with Gasteiger partial charge in [0.05, 0.1) is 4.90 Å². The molecule has 0 aliphatic rings. The quantitative estimate of drug-likeness (QED) is 0.793. The van der Waals surface area contributed by atoms with Gasteiger partial charge in [-0.25, -0.2) is 13.1 Å². The van der Waals surface area contributed by atoms with Gasteiger partial charge < -0.3 is 10.1 Å². The number of sulfonamides is 1. The molecule has 6 nitrogen and oxygen atoms in total. The molecule has 0 bridgehead atoms. The van der Waals surface area contributed by atoms with Crippen molar-refractivity contribution in [2.45, 2.75) is 45.1 Å². The summed E-state index contributed by atoms with van der Waals surface area (Å²) in [6.07, 6.45) is 0. The number of carbonyl (C=O) groups is 1. The number of benzene rings is 1. The lowest BCUT2D eigenvalue weighted by Gasteiger charge is -2.20. The predicted octanol–water partition coefficient (Wildman–Crippen LogP) is 1.91. The molecule has 0 spiro atoms. The summed E-state index contributed by atoms with van der Waals surface area (Å²) in [6, 6.07) is 5.98. The SMILES string of the molecule is CC(C)CNC(=O)COc1ccc(S(=O)(=O)NC(C)(C)C)cc1. The summed E-state index contributed by atoms with van der Waals surface area (Å²) in [5.74, 6) is 0.614. The van der Waals surface area contributed by atoms with Crippen molar-refractivity contribution >= 4 is 15.9 Å². The molecule has 0 fully saturated rings. The molecule has 0 atom stereocenters. The van der Waals surface area contributed by atoms with E-state index < -0.39 is 15.6 Å². The molecule has 0 saturated heterocycles. The van der Waals surface area contributed by atoms with Crippen LogP contribution in [-0.2, 0) is 14.8 Å². The summed E-state index contributed by atoms with van der Waals surface area (Å²) >= 11 is 0. The highest BCUT2D eigenvalue weighted by molar-refractivity contribution is 7.89. The van der Waals surface area contributed by atoms with Crippen LogP contribution in [0.25, 0.3) is 0 Å². The Labute approximate surface area is 138 Å². The van der Waals surface area contributed by atoms with Crippen LogP contribution in [0.5, 0.6) is 5.75 Å². The van der Waals surface area contributed by atoms with Crippen LogP contribution >= 0.6 is 0 Å². The first-order valence-corrected chi connectivity index (χ1v) is 9.01. The van der Waals surface area contributed by atoms with E-state index in [0.29, 0.717) is 18.2 Å². The summed E-state index contributed by atoms with van der Waals surface area (Å²) in [5.41, 5.74) is -0.553. The first kappa shape index (κ1) is 19.4. The van der Waals surface area contributed by atoms with Crippen molar-refractivity contribution in [2.75, 3.05) is 13.2 Å². The van der Waals surface area contributed by atoms with Gasteiger partial charge in [0, 0.05) is 12.1 Å². The van der Waals surface area contributed by atoms with Gasteiger partial charge in [-0.1, -0.05) is 13.8 Å². The van der Waals surface area contributed by atoms with Crippen LogP contribution in [0.2, 0.25) is 0 Å². The van der Waals surface area contributed by atoms with Gasteiger partial charge in [0.1, 0.15) is 5.75 Å². The molecular formula is C16H26N2O4S. The van der Waals surface area contributed by atoms with Crippen LogP contribution in [0, 0.1) is 5.92 Å². The molecule has 1 aromatic carbocycles. The van der Waals surface area contributed by atoms with E-state index in [-0.39, 0.29) is 17.4 Å². The average molecular weight is 342 g/mol. The zero-order valence-electron chi connectivity index (χ0n) is 14.3. The Bertz CT molecular complexity index is 616. The molecule has 0 aliphatic carbocycles. The Morgan fingerprint density at radius 2 is 1.74 bits per heavy atom. The van der Waals surface area contributed by atoms with Crippen molar-refractivity contribution in [3.8, 4) is 5.75 Å². The van der Waals surface area contributed by atoms with E-state index in [1.165, 1.54) is 24.3 Å². The first-order chi connectivity index (χ1) is 10.5. The minimum Gasteiger partial charge on any atom is -0.484 e. The van der Waals surface area contributed by atoms with Gasteiger partial charge in [0.25, 0.3) is 5.91 Å². The molecule has 7 heteroatoms. The Kier molecular flexibility index (Phi) is 6.58. The standard InChI is InChI=1S/C16H26N2O4S/c1-12(2)10-17-15(19)11-22-13-6-8-14(9-7-13)23(20,21)18-16(3,4)5/h6-9,12,18H,10-11H2,1-5H3,(H,17,19). The highest BCUT2D eigenvalue weighted by Crippen LogP contribution is 2.17. The van der Waals surface area contributed by atoms with Crippen LogP contribution in [-0.4, -0.2) is 33.0 Å². The van der Waals surface area contributed by atoms with Crippen molar-refractivity contribution in [3.05, 3.63) is 24.3 Å². The minimum atomic E-state index is -3.57. The van der Waals surface area contributed by atoms with Crippen molar-refractivity contribution in [3.63, 3.8) is 0 Å². The Hall–Kier alpha value is -1.60. The fourth-order valence-corrected chi connectivity index (χ4v) is 3.11. The molecule has 1 aromatic rings. The largest absolute Gasteiger partial charge is 0.484 e. The normalized spacial score (nSPS) is 12.3. The minimum absolute atomic E-state index is 0.0982. The molecule has 2 N–H and O–H groups in total. The average Bonchev–Trinajstić information content (AvgIpc) is 2.40. The third kappa shape index (κ3) is 7.47. The maximum Gasteiger partial charge on any atom is 0.257 e. The monoisotopic (exact) mass is 342 g/mol. The number of nitrogens with one attached hydrogen (secondary N) is 2. The third-order valence-electron chi connectivity index (χ3n) is 2.65. The Balaban J connectivity index is 2.62. The summed E-state index contributed by atoms with van der Waals surface area (Å²) in [6.45, 7) is 9.84. The van der Waals surface area contributed by atoms with Crippen LogP contribution in [0.1, 0.15) is 34.6 Å². The second-order valence-corrected chi connectivity index (χ2v) is 8.50. The van der Waals surface area contributed by atoms with E-state index in [1.54, 1.807) is 20.8 Å². The number of carbonyl (C=O) groups excluding carboxylic acids is 1. The molecule has 0 heterocycles. The molecular weight excluding hydrogens is 316 g/mol. The van der Waals surface area contributed by atoms with Crippen molar-refractivity contribution in [2.24, 2.45) is 5.92 Å². The number of hydrogen-bond acceptors (Lipinski definition) is 4. The number of ether oxygens (including phenoxy) is 1. The number of rotatable bonds is 7. The maximum atomic E-state index is 12.2. The van der Waals surface area contributed by atoms with Crippen molar-refractivity contribution in [1.29, 1.82) is 0 Å². The first-order valence-electron chi connectivity index (χ1n) is 7.53. The van der Waals surface area contributed by atoms with Gasteiger partial charge in [0.15, 0.2) is 6.61 Å². The summed E-state index contributed by atoms with van der Waals surface area (Å²) in [4.78, 5) is 11.7. The Morgan fingerprint density at radius 3 is 2.22 bits per heavy atom. The molecule has 0 aliphatic heterocycles. The van der Waals surface area contributed by atoms with Crippen molar-refractivity contribution in [1.82, 2.24) is 10.0 Å². The predicted molar refractivity (Wildman–Crippen MR) is 89.9 cm³/mol. The zero-order chi connectivity index (χ0) is 17.7. The molecule has 0 saturated carbocycles. The summed E-state index contributed by atoms with van der Waals surface area (Å²) in [5, 5.41) is 2.74. The van der Waals surface area contributed by atoms with E-state index in [4.69, 9.17) is 4.74 Å². The van der Waals surface area contributed by atoms with Gasteiger partial charge in [0.2, 0.25) is 10.0 Å². The molecule has 0 unspecified atom stereocenters. The second-order valence-electron chi connectivity index (χ2n) is 6.81. The van der Waals surface area contributed by atoms with E-state index in [1.807, 2.05) is 13.8 Å². The van der Waals surface area contributed by atoms with E-state index in [2.05, 4.69) is 10.0 Å². The van der Waals surface area contributed by atoms with Crippen molar-refractivity contribution < 1.29 is 17.9 Å². The van der Waals surface area contributed by atoms with Crippen LogP contribution < -0.4 is 14.8 Å². The van der Waals surface area contributed by atoms with Gasteiger partial charge in [-0.15, -0.1) is 0 Å². The maximum absolute atomic E-state index is 12.2. The van der Waals surface area contributed by atoms with E-state index >= 15 is 0 Å². The van der Waals surface area contributed by atoms with Crippen LogP contribution in [0.4, 0.5) is 0 Å². The fourth-order valence-electron chi connectivity index (χ4n) is 1.69. The molecule has 130 valence electrons. The van der Waals surface area contributed by atoms with Crippen LogP contribution in [0.3, 0.4) is 0 Å². The molecule has 1 amide bonds. The fraction of sp³-hybridized carbons (Fsp3) is 0.562.